The molecule has 2 amide bonds. The Kier molecular flexibility index (Phi) is 10.1. The quantitative estimate of drug-likeness (QED) is 0.367. The summed E-state index contributed by atoms with van der Waals surface area (Å²) in [7, 11) is -2.55. The van der Waals surface area contributed by atoms with Crippen LogP contribution in [-0.2, 0) is 32.6 Å². The molecule has 3 rings (SSSR count). The maximum atomic E-state index is 14.8. The lowest BCUT2D eigenvalue weighted by molar-refractivity contribution is -0.140. The van der Waals surface area contributed by atoms with Crippen LogP contribution in [0.1, 0.15) is 25.0 Å². The maximum Gasteiger partial charge on any atom is 0.244 e. The van der Waals surface area contributed by atoms with Crippen LogP contribution in [0.2, 0.25) is 0 Å². The van der Waals surface area contributed by atoms with Crippen molar-refractivity contribution in [2.45, 2.75) is 38.9 Å². The van der Waals surface area contributed by atoms with Crippen molar-refractivity contribution < 1.29 is 27.1 Å². The molecule has 8 nitrogen and oxygen atoms in total. The van der Waals surface area contributed by atoms with Crippen molar-refractivity contribution in [1.82, 2.24) is 10.2 Å². The highest BCUT2D eigenvalue weighted by atomic mass is 32.2. The van der Waals surface area contributed by atoms with Crippen molar-refractivity contribution in [2.24, 2.45) is 0 Å². The fourth-order valence-corrected chi connectivity index (χ4v) is 5.03. The first-order valence-corrected chi connectivity index (χ1v) is 14.3. The van der Waals surface area contributed by atoms with E-state index in [1.807, 2.05) is 30.3 Å². The van der Waals surface area contributed by atoms with E-state index in [2.05, 4.69) is 5.32 Å². The number of halogens is 1. The second kappa shape index (κ2) is 13.2. The summed E-state index contributed by atoms with van der Waals surface area (Å²) < 4.78 is 46.8. The number of sulfonamides is 1. The standard InChI is InChI=1S/C29H34FN3O5S/c1-21(2)31-29(35)26(18-22-12-6-5-7-13-22)32(19-23-14-8-9-15-24(23)30)28(34)20-33(39(4,36)37)25-16-10-11-17-27(25)38-3/h5-17,21,26H,18-20H2,1-4H3,(H,31,35)/t26-/m1/s1. The fraction of sp³-hybridized carbons (Fsp3) is 0.310. The third-order valence-electron chi connectivity index (χ3n) is 6.03. The minimum atomic E-state index is -3.95. The van der Waals surface area contributed by atoms with Crippen LogP contribution in [0.5, 0.6) is 5.75 Å². The van der Waals surface area contributed by atoms with E-state index in [-0.39, 0.29) is 36.0 Å². The van der Waals surface area contributed by atoms with Gasteiger partial charge in [0.1, 0.15) is 24.2 Å². The first-order chi connectivity index (χ1) is 18.5. The summed E-state index contributed by atoms with van der Waals surface area (Å²) >= 11 is 0. The molecule has 0 radical (unpaired) electrons. The fourth-order valence-electron chi connectivity index (χ4n) is 4.18. The van der Waals surface area contributed by atoms with Crippen molar-refractivity contribution in [3.8, 4) is 5.75 Å². The molecule has 1 atom stereocenters. The highest BCUT2D eigenvalue weighted by Gasteiger charge is 2.34. The molecule has 0 saturated heterocycles. The number of carbonyl (C=O) groups is 2. The molecule has 0 saturated carbocycles. The van der Waals surface area contributed by atoms with Gasteiger partial charge in [-0.05, 0) is 37.6 Å². The number of methoxy groups -OCH3 is 1. The number of anilines is 1. The van der Waals surface area contributed by atoms with Crippen LogP contribution in [0.3, 0.4) is 0 Å². The Morgan fingerprint density at radius 3 is 2.18 bits per heavy atom. The van der Waals surface area contributed by atoms with E-state index in [1.165, 1.54) is 36.3 Å². The highest BCUT2D eigenvalue weighted by Crippen LogP contribution is 2.30. The summed E-state index contributed by atoms with van der Waals surface area (Å²) in [4.78, 5) is 28.7. The van der Waals surface area contributed by atoms with Crippen molar-refractivity contribution in [1.29, 1.82) is 0 Å². The molecule has 3 aromatic carbocycles. The number of hydrogen-bond acceptors (Lipinski definition) is 5. The number of benzene rings is 3. The molecule has 208 valence electrons. The van der Waals surface area contributed by atoms with Gasteiger partial charge < -0.3 is 15.0 Å². The SMILES string of the molecule is COc1ccccc1N(CC(=O)N(Cc1ccccc1F)[C@H](Cc1ccccc1)C(=O)NC(C)C)S(C)(=O)=O. The number of nitrogens with one attached hydrogen (secondary N) is 1. The van der Waals surface area contributed by atoms with E-state index in [4.69, 9.17) is 4.74 Å². The van der Waals surface area contributed by atoms with Gasteiger partial charge in [0.15, 0.2) is 0 Å². The molecule has 0 aliphatic rings. The van der Waals surface area contributed by atoms with Gasteiger partial charge in [-0.3, -0.25) is 13.9 Å². The molecule has 0 heterocycles. The van der Waals surface area contributed by atoms with Crippen LogP contribution >= 0.6 is 0 Å². The van der Waals surface area contributed by atoms with E-state index >= 15 is 0 Å². The van der Waals surface area contributed by atoms with Crippen LogP contribution in [-0.4, -0.2) is 57.1 Å². The van der Waals surface area contributed by atoms with Gasteiger partial charge in [-0.25, -0.2) is 12.8 Å². The Balaban J connectivity index is 2.09. The number of carbonyl (C=O) groups excluding carboxylic acids is 2. The zero-order valence-corrected chi connectivity index (χ0v) is 23.3. The molecule has 3 aromatic rings. The molecule has 1 N–H and O–H groups in total. The van der Waals surface area contributed by atoms with Gasteiger partial charge in [-0.1, -0.05) is 60.7 Å². The number of rotatable bonds is 12. The average Bonchev–Trinajstić information content (AvgIpc) is 2.89. The molecular formula is C29H34FN3O5S. The van der Waals surface area contributed by atoms with E-state index in [0.717, 1.165) is 16.1 Å². The number of amides is 2. The number of nitrogens with zero attached hydrogens (tertiary/aromatic N) is 2. The van der Waals surface area contributed by atoms with Gasteiger partial charge in [0.2, 0.25) is 21.8 Å². The topological polar surface area (TPSA) is 96.0 Å². The molecular weight excluding hydrogens is 521 g/mol. The number of ether oxygens (including phenoxy) is 1. The minimum Gasteiger partial charge on any atom is -0.495 e. The first-order valence-electron chi connectivity index (χ1n) is 12.5. The lowest BCUT2D eigenvalue weighted by atomic mass is 10.0. The molecule has 0 fully saturated rings. The lowest BCUT2D eigenvalue weighted by Gasteiger charge is -2.34. The van der Waals surface area contributed by atoms with E-state index in [0.29, 0.717) is 0 Å². The van der Waals surface area contributed by atoms with E-state index in [9.17, 15) is 22.4 Å². The van der Waals surface area contributed by atoms with Crippen LogP contribution in [0, 0.1) is 5.82 Å². The lowest BCUT2D eigenvalue weighted by Crippen LogP contribution is -2.54. The van der Waals surface area contributed by atoms with Crippen LogP contribution in [0.25, 0.3) is 0 Å². The monoisotopic (exact) mass is 555 g/mol. The number of para-hydroxylation sites is 2. The second-order valence-corrected chi connectivity index (χ2v) is 11.3. The van der Waals surface area contributed by atoms with Gasteiger partial charge in [-0.15, -0.1) is 0 Å². The Morgan fingerprint density at radius 1 is 0.949 bits per heavy atom. The maximum absolute atomic E-state index is 14.8. The Morgan fingerprint density at radius 2 is 1.56 bits per heavy atom. The Hall–Kier alpha value is -3.92. The van der Waals surface area contributed by atoms with E-state index < -0.39 is 40.2 Å². The minimum absolute atomic E-state index is 0.146. The van der Waals surface area contributed by atoms with Crippen molar-refractivity contribution in [3.05, 3.63) is 95.8 Å². The summed E-state index contributed by atoms with van der Waals surface area (Å²) in [6.45, 7) is 2.74. The van der Waals surface area contributed by atoms with Gasteiger partial charge in [0.25, 0.3) is 0 Å². The van der Waals surface area contributed by atoms with Crippen molar-refractivity contribution >= 4 is 27.5 Å². The molecule has 0 aliphatic heterocycles. The van der Waals surface area contributed by atoms with Crippen LogP contribution in [0.4, 0.5) is 10.1 Å². The summed E-state index contributed by atoms with van der Waals surface area (Å²) in [5.41, 5.74) is 1.16. The van der Waals surface area contributed by atoms with Crippen LogP contribution in [0.15, 0.2) is 78.9 Å². The highest BCUT2D eigenvalue weighted by molar-refractivity contribution is 7.92. The largest absolute Gasteiger partial charge is 0.495 e. The molecule has 39 heavy (non-hydrogen) atoms. The smallest absolute Gasteiger partial charge is 0.244 e. The molecule has 10 heteroatoms. The molecule has 0 bridgehead atoms. The van der Waals surface area contributed by atoms with Crippen molar-refractivity contribution in [3.63, 3.8) is 0 Å². The molecule has 0 unspecified atom stereocenters. The third-order valence-corrected chi connectivity index (χ3v) is 7.16. The Labute approximate surface area is 229 Å². The predicted molar refractivity (Wildman–Crippen MR) is 149 cm³/mol. The second-order valence-electron chi connectivity index (χ2n) is 9.42. The summed E-state index contributed by atoms with van der Waals surface area (Å²) in [6, 6.07) is 20.3. The van der Waals surface area contributed by atoms with Gasteiger partial charge >= 0.3 is 0 Å². The van der Waals surface area contributed by atoms with Crippen LogP contribution < -0.4 is 14.4 Å². The zero-order valence-electron chi connectivity index (χ0n) is 22.5. The summed E-state index contributed by atoms with van der Waals surface area (Å²) in [6.07, 6.45) is 1.13. The first kappa shape index (κ1) is 29.6. The zero-order chi connectivity index (χ0) is 28.6. The molecule has 0 spiro atoms. The number of hydrogen-bond donors (Lipinski definition) is 1. The summed E-state index contributed by atoms with van der Waals surface area (Å²) in [5, 5.41) is 2.85. The van der Waals surface area contributed by atoms with Gasteiger partial charge in [0, 0.05) is 24.6 Å². The summed E-state index contributed by atoms with van der Waals surface area (Å²) in [5.74, 6) is -1.38. The van der Waals surface area contributed by atoms with E-state index in [1.54, 1.807) is 38.1 Å². The van der Waals surface area contributed by atoms with Gasteiger partial charge in [0.05, 0.1) is 19.1 Å². The normalized spacial score (nSPS) is 12.1. The predicted octanol–water partition coefficient (Wildman–Crippen LogP) is 3.77. The molecule has 0 aliphatic carbocycles. The average molecular weight is 556 g/mol. The third kappa shape index (κ3) is 8.03. The van der Waals surface area contributed by atoms with Crippen molar-refractivity contribution in [2.75, 3.05) is 24.2 Å². The Bertz CT molecular complexity index is 1380. The van der Waals surface area contributed by atoms with Gasteiger partial charge in [-0.2, -0.15) is 0 Å². The molecule has 0 aromatic heterocycles.